The van der Waals surface area contributed by atoms with Gasteiger partial charge in [0.05, 0.1) is 0 Å². The van der Waals surface area contributed by atoms with E-state index in [1.165, 1.54) is 25.4 Å². The highest BCUT2D eigenvalue weighted by Crippen LogP contribution is 2.27. The summed E-state index contributed by atoms with van der Waals surface area (Å²) in [5.41, 5.74) is 2.58. The van der Waals surface area contributed by atoms with Gasteiger partial charge in [0, 0.05) is 14.3 Å². The molecule has 2 aromatic carbocycles. The number of hydrogen-bond donors (Lipinski definition) is 0. The molecule has 0 atom stereocenters. The molecule has 4 heteroatoms. The molecule has 0 bridgehead atoms. The fraction of sp³-hybridized carbons (Fsp3) is 0. The third-order valence-electron chi connectivity index (χ3n) is 2.17. The fourth-order valence-corrected chi connectivity index (χ4v) is 3.05. The first-order valence-electron chi connectivity index (χ1n) is 4.48. The predicted molar refractivity (Wildman–Crippen MR) is 103 cm³/mol. The SMILES string of the molecule is Ic1ccc(-c2ccc(I)c(I)c2)cc1I. The molecule has 0 amide bonds. The molecule has 0 spiro atoms. The zero-order chi connectivity index (χ0) is 11.7. The summed E-state index contributed by atoms with van der Waals surface area (Å²) in [5, 5.41) is 0. The molecule has 82 valence electrons. The van der Waals surface area contributed by atoms with Crippen LogP contribution in [0, 0.1) is 14.3 Å². The van der Waals surface area contributed by atoms with Crippen molar-refractivity contribution >= 4 is 90.4 Å². The zero-order valence-corrected chi connectivity index (χ0v) is 16.6. The average Bonchev–Trinajstić information content (AvgIpc) is 2.26. The molecule has 2 rings (SSSR count). The summed E-state index contributed by atoms with van der Waals surface area (Å²) in [5.74, 6) is 0. The van der Waals surface area contributed by atoms with E-state index in [1.807, 2.05) is 0 Å². The van der Waals surface area contributed by atoms with Crippen LogP contribution in [0.5, 0.6) is 0 Å². The van der Waals surface area contributed by atoms with Gasteiger partial charge >= 0.3 is 0 Å². The molecule has 2 aromatic rings. The van der Waals surface area contributed by atoms with Crippen molar-refractivity contribution in [1.29, 1.82) is 0 Å². The van der Waals surface area contributed by atoms with Crippen LogP contribution in [0.2, 0.25) is 0 Å². The lowest BCUT2D eigenvalue weighted by atomic mass is 10.1. The molecule has 0 aliphatic rings. The maximum absolute atomic E-state index is 2.38. The molecule has 0 fully saturated rings. The lowest BCUT2D eigenvalue weighted by Crippen LogP contribution is -1.85. The fourth-order valence-electron chi connectivity index (χ4n) is 1.35. The Hall–Kier alpha value is 1.36. The van der Waals surface area contributed by atoms with Crippen LogP contribution in [0.25, 0.3) is 11.1 Å². The molecule has 0 saturated carbocycles. The Labute approximate surface area is 150 Å². The molecule has 0 aliphatic carbocycles. The minimum absolute atomic E-state index is 1.29. The van der Waals surface area contributed by atoms with Crippen molar-refractivity contribution in [1.82, 2.24) is 0 Å². The summed E-state index contributed by atoms with van der Waals surface area (Å²) in [6.07, 6.45) is 0. The molecule has 16 heavy (non-hydrogen) atoms. The Kier molecular flexibility index (Phi) is 5.17. The molecule has 0 unspecified atom stereocenters. The van der Waals surface area contributed by atoms with Gasteiger partial charge in [-0.2, -0.15) is 0 Å². The van der Waals surface area contributed by atoms with Crippen LogP contribution in [-0.4, -0.2) is 0 Å². The normalized spacial score (nSPS) is 10.5. The van der Waals surface area contributed by atoms with Crippen molar-refractivity contribution in [3.8, 4) is 11.1 Å². The molecule has 0 heterocycles. The lowest BCUT2D eigenvalue weighted by molar-refractivity contribution is 1.52. The van der Waals surface area contributed by atoms with Crippen molar-refractivity contribution < 1.29 is 0 Å². The Morgan fingerprint density at radius 2 is 0.875 bits per heavy atom. The van der Waals surface area contributed by atoms with Gasteiger partial charge in [-0.05, 0) is 126 Å². The third kappa shape index (κ3) is 3.22. The second kappa shape index (κ2) is 6.00. The molecule has 0 aliphatic heterocycles. The van der Waals surface area contributed by atoms with Crippen LogP contribution in [0.3, 0.4) is 0 Å². The van der Waals surface area contributed by atoms with Gasteiger partial charge in [-0.25, -0.2) is 0 Å². The second-order valence-corrected chi connectivity index (χ2v) is 7.91. The minimum atomic E-state index is 1.29. The average molecular weight is 658 g/mol. The van der Waals surface area contributed by atoms with Crippen molar-refractivity contribution in [3.63, 3.8) is 0 Å². The smallest absolute Gasteiger partial charge is 0.0270 e. The van der Waals surface area contributed by atoms with Crippen molar-refractivity contribution in [2.24, 2.45) is 0 Å². The van der Waals surface area contributed by atoms with Crippen LogP contribution in [-0.2, 0) is 0 Å². The molecule has 0 N–H and O–H groups in total. The van der Waals surface area contributed by atoms with Crippen LogP contribution in [0.4, 0.5) is 0 Å². The van der Waals surface area contributed by atoms with Gasteiger partial charge in [0.1, 0.15) is 0 Å². The van der Waals surface area contributed by atoms with Crippen LogP contribution >= 0.6 is 90.4 Å². The number of rotatable bonds is 1. The summed E-state index contributed by atoms with van der Waals surface area (Å²) in [6, 6.07) is 13.2. The molecule has 0 radical (unpaired) electrons. The van der Waals surface area contributed by atoms with Gasteiger partial charge in [0.25, 0.3) is 0 Å². The summed E-state index contributed by atoms with van der Waals surface area (Å²) in [7, 11) is 0. The van der Waals surface area contributed by atoms with Crippen LogP contribution < -0.4 is 0 Å². The van der Waals surface area contributed by atoms with Crippen molar-refractivity contribution in [2.75, 3.05) is 0 Å². The van der Waals surface area contributed by atoms with Crippen molar-refractivity contribution in [2.45, 2.75) is 0 Å². The predicted octanol–water partition coefficient (Wildman–Crippen LogP) is 5.77. The Bertz CT molecular complexity index is 485. The van der Waals surface area contributed by atoms with E-state index in [9.17, 15) is 0 Å². The van der Waals surface area contributed by atoms with E-state index in [2.05, 4.69) is 127 Å². The molecule has 0 aromatic heterocycles. The molecular formula is C12H6I4. The van der Waals surface area contributed by atoms with Gasteiger partial charge in [0.2, 0.25) is 0 Å². The van der Waals surface area contributed by atoms with E-state index in [-0.39, 0.29) is 0 Å². The van der Waals surface area contributed by atoms with Gasteiger partial charge in [-0.3, -0.25) is 0 Å². The molecular weight excluding hydrogens is 652 g/mol. The highest BCUT2D eigenvalue weighted by atomic mass is 127. The number of benzene rings is 2. The van der Waals surface area contributed by atoms with E-state index < -0.39 is 0 Å². The van der Waals surface area contributed by atoms with E-state index in [0.29, 0.717) is 0 Å². The maximum atomic E-state index is 2.38. The van der Waals surface area contributed by atoms with Crippen LogP contribution in [0.1, 0.15) is 0 Å². The summed E-state index contributed by atoms with van der Waals surface area (Å²) >= 11 is 9.49. The summed E-state index contributed by atoms with van der Waals surface area (Å²) in [6.45, 7) is 0. The molecule has 0 nitrogen and oxygen atoms in total. The standard InChI is InChI=1S/C12H6I4/c13-9-3-1-7(5-11(9)15)8-2-4-10(14)12(16)6-8/h1-6H. The Balaban J connectivity index is 2.50. The van der Waals surface area contributed by atoms with Gasteiger partial charge < -0.3 is 0 Å². The first-order chi connectivity index (χ1) is 7.58. The zero-order valence-electron chi connectivity index (χ0n) is 7.98. The monoisotopic (exact) mass is 658 g/mol. The summed E-state index contributed by atoms with van der Waals surface area (Å²) in [4.78, 5) is 0. The largest absolute Gasteiger partial charge is 0.0533 e. The maximum Gasteiger partial charge on any atom is 0.0270 e. The van der Waals surface area contributed by atoms with Gasteiger partial charge in [-0.15, -0.1) is 0 Å². The first kappa shape index (κ1) is 13.8. The summed E-state index contributed by atoms with van der Waals surface area (Å²) < 4.78 is 5.23. The van der Waals surface area contributed by atoms with E-state index in [1.54, 1.807) is 0 Å². The highest BCUT2D eigenvalue weighted by Gasteiger charge is 2.03. The third-order valence-corrected chi connectivity index (χ3v) is 7.90. The second-order valence-electron chi connectivity index (χ2n) is 3.26. The van der Waals surface area contributed by atoms with Gasteiger partial charge in [-0.1, -0.05) is 12.1 Å². The van der Waals surface area contributed by atoms with E-state index in [4.69, 9.17) is 0 Å². The highest BCUT2D eigenvalue weighted by molar-refractivity contribution is 14.1. The Morgan fingerprint density at radius 1 is 0.500 bits per heavy atom. The topological polar surface area (TPSA) is 0 Å². The van der Waals surface area contributed by atoms with Crippen molar-refractivity contribution in [3.05, 3.63) is 50.7 Å². The molecule has 0 saturated heterocycles. The number of hydrogen-bond acceptors (Lipinski definition) is 0. The lowest BCUT2D eigenvalue weighted by Gasteiger charge is -2.05. The van der Waals surface area contributed by atoms with E-state index >= 15 is 0 Å². The Morgan fingerprint density at radius 3 is 1.19 bits per heavy atom. The van der Waals surface area contributed by atoms with Crippen LogP contribution in [0.15, 0.2) is 36.4 Å². The van der Waals surface area contributed by atoms with Gasteiger partial charge in [0.15, 0.2) is 0 Å². The number of halogens is 4. The minimum Gasteiger partial charge on any atom is -0.0533 e. The quantitative estimate of drug-likeness (QED) is 0.342. The van der Waals surface area contributed by atoms with E-state index in [0.717, 1.165) is 0 Å². The first-order valence-corrected chi connectivity index (χ1v) is 8.80.